The van der Waals surface area contributed by atoms with E-state index in [4.69, 9.17) is 23.8 Å². The number of amidine groups is 1. The first-order valence-corrected chi connectivity index (χ1v) is 9.73. The SMILES string of the molecule is C#CCC(C(=O)Nc1ccc(C2=NCCN2C)cc1)N(C(N)=O)c1ccc(Cl)cc1. The highest BCUT2D eigenvalue weighted by Crippen LogP contribution is 2.22. The van der Waals surface area contributed by atoms with Crippen LogP contribution in [-0.2, 0) is 4.79 Å². The molecule has 0 saturated heterocycles. The summed E-state index contributed by atoms with van der Waals surface area (Å²) in [6.45, 7) is 1.65. The molecule has 1 unspecified atom stereocenters. The lowest BCUT2D eigenvalue weighted by molar-refractivity contribution is -0.117. The zero-order valence-electron chi connectivity index (χ0n) is 16.5. The number of hydrogen-bond acceptors (Lipinski definition) is 4. The van der Waals surface area contributed by atoms with Crippen molar-refractivity contribution >= 4 is 40.7 Å². The molecule has 1 atom stereocenters. The fourth-order valence-corrected chi connectivity index (χ4v) is 3.37. The predicted molar refractivity (Wildman–Crippen MR) is 120 cm³/mol. The molecular weight excluding hydrogens is 402 g/mol. The number of nitrogens with two attached hydrogens (primary N) is 1. The van der Waals surface area contributed by atoms with Crippen LogP contribution in [0.25, 0.3) is 0 Å². The van der Waals surface area contributed by atoms with Gasteiger partial charge >= 0.3 is 6.03 Å². The number of terminal acetylenes is 1. The molecule has 1 heterocycles. The van der Waals surface area contributed by atoms with Crippen LogP contribution >= 0.6 is 11.6 Å². The number of rotatable bonds is 6. The van der Waals surface area contributed by atoms with Crippen molar-refractivity contribution in [1.82, 2.24) is 4.90 Å². The Morgan fingerprint density at radius 2 is 1.93 bits per heavy atom. The van der Waals surface area contributed by atoms with Crippen LogP contribution in [0.1, 0.15) is 12.0 Å². The van der Waals surface area contributed by atoms with Gasteiger partial charge in [-0.15, -0.1) is 12.3 Å². The number of carbonyl (C=O) groups is 2. The second-order valence-corrected chi connectivity index (χ2v) is 7.24. The minimum absolute atomic E-state index is 0.00289. The molecule has 3 amide bonds. The van der Waals surface area contributed by atoms with Gasteiger partial charge < -0.3 is 16.0 Å². The van der Waals surface area contributed by atoms with Crippen LogP contribution < -0.4 is 16.0 Å². The molecule has 2 aromatic rings. The van der Waals surface area contributed by atoms with Gasteiger partial charge in [-0.05, 0) is 48.5 Å². The van der Waals surface area contributed by atoms with Crippen LogP contribution in [0.2, 0.25) is 5.02 Å². The number of anilines is 2. The van der Waals surface area contributed by atoms with E-state index in [-0.39, 0.29) is 6.42 Å². The molecule has 1 aliphatic rings. The van der Waals surface area contributed by atoms with E-state index in [2.05, 4.69) is 21.1 Å². The fraction of sp³-hybridized carbons (Fsp3) is 0.227. The number of hydrogen-bond donors (Lipinski definition) is 2. The molecule has 0 aliphatic carbocycles. The van der Waals surface area contributed by atoms with Crippen LogP contribution in [0.15, 0.2) is 53.5 Å². The van der Waals surface area contributed by atoms with Crippen molar-refractivity contribution in [2.24, 2.45) is 10.7 Å². The van der Waals surface area contributed by atoms with Gasteiger partial charge in [0.2, 0.25) is 5.91 Å². The van der Waals surface area contributed by atoms with E-state index in [1.165, 1.54) is 4.90 Å². The summed E-state index contributed by atoms with van der Waals surface area (Å²) in [6, 6.07) is 12.0. The van der Waals surface area contributed by atoms with Gasteiger partial charge in [0.15, 0.2) is 0 Å². The lowest BCUT2D eigenvalue weighted by Gasteiger charge is -2.28. The third kappa shape index (κ3) is 4.73. The minimum Gasteiger partial charge on any atom is -0.358 e. The van der Waals surface area contributed by atoms with E-state index in [9.17, 15) is 9.59 Å². The molecule has 0 radical (unpaired) electrons. The van der Waals surface area contributed by atoms with Gasteiger partial charge in [0.05, 0.1) is 6.54 Å². The van der Waals surface area contributed by atoms with Crippen molar-refractivity contribution in [3.63, 3.8) is 0 Å². The summed E-state index contributed by atoms with van der Waals surface area (Å²) in [7, 11) is 1.99. The quantitative estimate of drug-likeness (QED) is 0.700. The Bertz CT molecular complexity index is 996. The lowest BCUT2D eigenvalue weighted by Crippen LogP contribution is -2.50. The molecule has 1 aliphatic heterocycles. The summed E-state index contributed by atoms with van der Waals surface area (Å²) in [6.07, 6.45) is 5.45. The topological polar surface area (TPSA) is 91.0 Å². The Morgan fingerprint density at radius 3 is 2.47 bits per heavy atom. The summed E-state index contributed by atoms with van der Waals surface area (Å²) in [5.74, 6) is 2.92. The average molecular weight is 424 g/mol. The van der Waals surface area contributed by atoms with Crippen LogP contribution in [0.5, 0.6) is 0 Å². The van der Waals surface area contributed by atoms with Crippen LogP contribution in [0.4, 0.5) is 16.2 Å². The van der Waals surface area contributed by atoms with Gasteiger partial charge in [0.1, 0.15) is 11.9 Å². The van der Waals surface area contributed by atoms with E-state index in [1.54, 1.807) is 36.4 Å². The number of benzene rings is 2. The summed E-state index contributed by atoms with van der Waals surface area (Å²) >= 11 is 5.92. The van der Waals surface area contributed by atoms with Crippen molar-refractivity contribution in [2.45, 2.75) is 12.5 Å². The second-order valence-electron chi connectivity index (χ2n) is 6.80. The third-order valence-electron chi connectivity index (χ3n) is 4.74. The highest BCUT2D eigenvalue weighted by Gasteiger charge is 2.29. The standard InChI is InChI=1S/C22H22ClN5O2/c1-3-4-19(28(22(24)30)18-11-7-16(23)8-12-18)21(29)26-17-9-5-15(6-10-17)20-25-13-14-27(20)2/h1,5-12,19H,4,13-14H2,2H3,(H2,24,30)(H,26,29). The zero-order chi connectivity index (χ0) is 21.7. The Kier molecular flexibility index (Phi) is 6.60. The number of carbonyl (C=O) groups excluding carboxylic acids is 2. The molecule has 0 aromatic heterocycles. The Morgan fingerprint density at radius 1 is 1.27 bits per heavy atom. The summed E-state index contributed by atoms with van der Waals surface area (Å²) in [5.41, 5.74) is 7.53. The third-order valence-corrected chi connectivity index (χ3v) is 4.99. The number of nitrogens with one attached hydrogen (secondary N) is 1. The number of halogens is 1. The summed E-state index contributed by atoms with van der Waals surface area (Å²) in [4.78, 5) is 32.8. The normalized spacial score (nSPS) is 13.9. The lowest BCUT2D eigenvalue weighted by atomic mass is 10.1. The molecule has 30 heavy (non-hydrogen) atoms. The van der Waals surface area contributed by atoms with Gasteiger partial charge in [-0.2, -0.15) is 0 Å². The predicted octanol–water partition coefficient (Wildman–Crippen LogP) is 2.95. The molecule has 3 N–H and O–H groups in total. The van der Waals surface area contributed by atoms with Gasteiger partial charge in [-0.1, -0.05) is 11.6 Å². The van der Waals surface area contributed by atoms with Crippen molar-refractivity contribution in [1.29, 1.82) is 0 Å². The molecule has 154 valence electrons. The van der Waals surface area contributed by atoms with Gasteiger partial charge in [-0.3, -0.25) is 14.7 Å². The first-order chi connectivity index (χ1) is 14.4. The van der Waals surface area contributed by atoms with Crippen LogP contribution in [-0.4, -0.2) is 48.9 Å². The van der Waals surface area contributed by atoms with Gasteiger partial charge in [-0.25, -0.2) is 4.79 Å². The molecule has 0 saturated carbocycles. The van der Waals surface area contributed by atoms with Crippen LogP contribution in [0.3, 0.4) is 0 Å². The average Bonchev–Trinajstić information content (AvgIpc) is 3.15. The number of likely N-dealkylation sites (N-methyl/N-ethyl adjacent to an activating group) is 1. The molecule has 0 spiro atoms. The van der Waals surface area contributed by atoms with Crippen molar-refractivity contribution < 1.29 is 9.59 Å². The second kappa shape index (κ2) is 9.33. The van der Waals surface area contributed by atoms with Crippen LogP contribution in [0, 0.1) is 12.3 Å². The molecule has 0 bridgehead atoms. The van der Waals surface area contributed by atoms with Gasteiger partial charge in [0, 0.05) is 42.0 Å². The number of urea groups is 1. The number of aliphatic imine (C=N–C) groups is 1. The number of primary amides is 1. The largest absolute Gasteiger partial charge is 0.358 e. The summed E-state index contributed by atoms with van der Waals surface area (Å²) in [5, 5.41) is 3.31. The van der Waals surface area contributed by atoms with E-state index in [1.807, 2.05) is 19.2 Å². The van der Waals surface area contributed by atoms with E-state index < -0.39 is 18.0 Å². The smallest absolute Gasteiger partial charge is 0.320 e. The molecule has 8 heteroatoms. The number of amides is 3. The molecule has 7 nitrogen and oxygen atoms in total. The monoisotopic (exact) mass is 423 g/mol. The fourth-order valence-electron chi connectivity index (χ4n) is 3.25. The number of nitrogens with zero attached hydrogens (tertiary/aromatic N) is 3. The van der Waals surface area contributed by atoms with E-state index >= 15 is 0 Å². The Labute approximate surface area is 180 Å². The van der Waals surface area contributed by atoms with E-state index in [0.717, 1.165) is 24.5 Å². The highest BCUT2D eigenvalue weighted by atomic mass is 35.5. The summed E-state index contributed by atoms with van der Waals surface area (Å²) < 4.78 is 0. The maximum atomic E-state index is 13.0. The van der Waals surface area contributed by atoms with Crippen molar-refractivity contribution in [3.05, 3.63) is 59.1 Å². The van der Waals surface area contributed by atoms with Crippen molar-refractivity contribution in [2.75, 3.05) is 30.4 Å². The molecule has 3 rings (SSSR count). The highest BCUT2D eigenvalue weighted by molar-refractivity contribution is 6.30. The maximum absolute atomic E-state index is 13.0. The molecule has 2 aromatic carbocycles. The van der Waals surface area contributed by atoms with E-state index in [0.29, 0.717) is 16.4 Å². The Balaban J connectivity index is 1.80. The maximum Gasteiger partial charge on any atom is 0.320 e. The first kappa shape index (κ1) is 21.2. The minimum atomic E-state index is -0.973. The zero-order valence-corrected chi connectivity index (χ0v) is 17.3. The molecule has 0 fully saturated rings. The van der Waals surface area contributed by atoms with Crippen molar-refractivity contribution in [3.8, 4) is 12.3 Å². The Hall–Kier alpha value is -3.50. The molecular formula is C22H22ClN5O2. The van der Waals surface area contributed by atoms with Gasteiger partial charge in [0.25, 0.3) is 0 Å². The first-order valence-electron chi connectivity index (χ1n) is 9.35.